The molecule has 18 heavy (non-hydrogen) atoms. The summed E-state index contributed by atoms with van der Waals surface area (Å²) in [7, 11) is 0. The van der Waals surface area contributed by atoms with E-state index in [4.69, 9.17) is 5.73 Å². The highest BCUT2D eigenvalue weighted by molar-refractivity contribution is 5.64. The molecule has 2 aromatic heterocycles. The molecule has 0 amide bonds. The van der Waals surface area contributed by atoms with E-state index in [2.05, 4.69) is 42.1 Å². The number of imidazole rings is 1. The number of rotatable bonds is 1. The van der Waals surface area contributed by atoms with Crippen LogP contribution in [-0.2, 0) is 0 Å². The molecule has 0 spiro atoms. The summed E-state index contributed by atoms with van der Waals surface area (Å²) in [4.78, 5) is 4.54. The lowest BCUT2D eigenvalue weighted by molar-refractivity contribution is 0.946. The predicted molar refractivity (Wildman–Crippen MR) is 72.3 cm³/mol. The number of nitrogens with two attached hydrogens (primary N) is 1. The summed E-state index contributed by atoms with van der Waals surface area (Å²) < 4.78 is 1.71. The van der Waals surface area contributed by atoms with Crippen molar-refractivity contribution in [2.24, 2.45) is 0 Å². The minimum Gasteiger partial charge on any atom is -0.382 e. The molecular formula is C14H14N4. The van der Waals surface area contributed by atoms with Crippen LogP contribution in [0, 0.1) is 13.8 Å². The Morgan fingerprint density at radius 2 is 1.89 bits per heavy atom. The fourth-order valence-electron chi connectivity index (χ4n) is 1.94. The molecule has 4 heteroatoms. The summed E-state index contributed by atoms with van der Waals surface area (Å²) in [5.74, 6) is 0.492. The van der Waals surface area contributed by atoms with Crippen LogP contribution in [-0.4, -0.2) is 14.6 Å². The SMILES string of the molecule is Cc1ccc(-c2cn3nc(N)ccc3n2)cc1C. The summed E-state index contributed by atoms with van der Waals surface area (Å²) in [5.41, 5.74) is 11.0. The fourth-order valence-corrected chi connectivity index (χ4v) is 1.94. The van der Waals surface area contributed by atoms with Gasteiger partial charge in [-0.3, -0.25) is 0 Å². The molecule has 1 aromatic carbocycles. The quantitative estimate of drug-likeness (QED) is 0.709. The molecular weight excluding hydrogens is 224 g/mol. The largest absolute Gasteiger partial charge is 0.382 e. The van der Waals surface area contributed by atoms with Crippen LogP contribution in [0.1, 0.15) is 11.1 Å². The highest BCUT2D eigenvalue weighted by Gasteiger charge is 2.06. The molecule has 3 aromatic rings. The first-order chi connectivity index (χ1) is 8.63. The maximum Gasteiger partial charge on any atom is 0.154 e. The van der Waals surface area contributed by atoms with E-state index in [1.165, 1.54) is 11.1 Å². The van der Waals surface area contributed by atoms with Crippen LogP contribution in [0.15, 0.2) is 36.5 Å². The van der Waals surface area contributed by atoms with E-state index >= 15 is 0 Å². The molecule has 3 rings (SSSR count). The highest BCUT2D eigenvalue weighted by atomic mass is 15.3. The summed E-state index contributed by atoms with van der Waals surface area (Å²) in [6.07, 6.45) is 1.90. The van der Waals surface area contributed by atoms with E-state index in [1.54, 1.807) is 10.6 Å². The Hall–Kier alpha value is -2.36. The molecule has 0 saturated heterocycles. The molecule has 0 saturated carbocycles. The van der Waals surface area contributed by atoms with Crippen LogP contribution in [0.3, 0.4) is 0 Å². The maximum absolute atomic E-state index is 5.66. The highest BCUT2D eigenvalue weighted by Crippen LogP contribution is 2.21. The predicted octanol–water partition coefficient (Wildman–Crippen LogP) is 2.60. The summed E-state index contributed by atoms with van der Waals surface area (Å²) in [5, 5.41) is 4.19. The van der Waals surface area contributed by atoms with E-state index in [9.17, 15) is 0 Å². The van der Waals surface area contributed by atoms with Gasteiger partial charge in [0.25, 0.3) is 0 Å². The third-order valence-electron chi connectivity index (χ3n) is 3.14. The number of fused-ring (bicyclic) bond motifs is 1. The Bertz CT molecular complexity index is 728. The summed E-state index contributed by atoms with van der Waals surface area (Å²) in [6.45, 7) is 4.20. The smallest absolute Gasteiger partial charge is 0.154 e. The van der Waals surface area contributed by atoms with Gasteiger partial charge in [-0.1, -0.05) is 12.1 Å². The van der Waals surface area contributed by atoms with Crippen molar-refractivity contribution in [1.29, 1.82) is 0 Å². The van der Waals surface area contributed by atoms with Gasteiger partial charge in [-0.2, -0.15) is 0 Å². The van der Waals surface area contributed by atoms with Crippen molar-refractivity contribution in [2.75, 3.05) is 5.73 Å². The van der Waals surface area contributed by atoms with Crippen LogP contribution in [0.5, 0.6) is 0 Å². The lowest BCUT2D eigenvalue weighted by Crippen LogP contribution is -1.95. The fraction of sp³-hybridized carbons (Fsp3) is 0.143. The minimum absolute atomic E-state index is 0.492. The molecule has 2 heterocycles. The van der Waals surface area contributed by atoms with Crippen LogP contribution >= 0.6 is 0 Å². The van der Waals surface area contributed by atoms with Crippen LogP contribution in [0.4, 0.5) is 5.82 Å². The van der Waals surface area contributed by atoms with Gasteiger partial charge in [-0.15, -0.1) is 5.10 Å². The zero-order valence-electron chi connectivity index (χ0n) is 10.4. The molecule has 0 aliphatic rings. The molecule has 0 unspecified atom stereocenters. The third kappa shape index (κ3) is 1.72. The second-order valence-electron chi connectivity index (χ2n) is 4.49. The van der Waals surface area contributed by atoms with Gasteiger partial charge in [0.05, 0.1) is 11.9 Å². The molecule has 2 N–H and O–H groups in total. The van der Waals surface area contributed by atoms with E-state index in [0.29, 0.717) is 5.82 Å². The molecule has 0 aliphatic carbocycles. The Kier molecular flexibility index (Phi) is 2.30. The van der Waals surface area contributed by atoms with Crippen molar-refractivity contribution in [2.45, 2.75) is 13.8 Å². The lowest BCUT2D eigenvalue weighted by Gasteiger charge is -2.01. The van der Waals surface area contributed by atoms with Gasteiger partial charge in [0.15, 0.2) is 5.65 Å². The second-order valence-corrected chi connectivity index (χ2v) is 4.49. The standard InChI is InChI=1S/C14H14N4/c1-9-3-4-11(7-10(9)2)12-8-18-14(16-12)6-5-13(15)17-18/h3-8H,1-2H3,(H2,15,17). The van der Waals surface area contributed by atoms with Crippen LogP contribution in [0.2, 0.25) is 0 Å². The average molecular weight is 238 g/mol. The number of hydrogen-bond donors (Lipinski definition) is 1. The number of benzene rings is 1. The molecule has 0 aliphatic heterocycles. The van der Waals surface area contributed by atoms with Crippen LogP contribution in [0.25, 0.3) is 16.9 Å². The normalized spacial score (nSPS) is 11.0. The van der Waals surface area contributed by atoms with Crippen LogP contribution < -0.4 is 5.73 Å². The lowest BCUT2D eigenvalue weighted by atomic mass is 10.1. The van der Waals surface area contributed by atoms with Gasteiger partial charge in [-0.05, 0) is 43.2 Å². The molecule has 90 valence electrons. The first kappa shape index (κ1) is 10.8. The minimum atomic E-state index is 0.492. The summed E-state index contributed by atoms with van der Waals surface area (Å²) in [6, 6.07) is 9.95. The maximum atomic E-state index is 5.66. The first-order valence-electron chi connectivity index (χ1n) is 5.83. The average Bonchev–Trinajstić information content (AvgIpc) is 2.75. The van der Waals surface area contributed by atoms with Gasteiger partial charge < -0.3 is 5.73 Å². The van der Waals surface area contributed by atoms with Gasteiger partial charge in [0, 0.05) is 5.56 Å². The topological polar surface area (TPSA) is 56.2 Å². The van der Waals surface area contributed by atoms with Gasteiger partial charge in [-0.25, -0.2) is 9.50 Å². The number of aryl methyl sites for hydroxylation is 2. The van der Waals surface area contributed by atoms with Gasteiger partial charge in [0.1, 0.15) is 5.82 Å². The molecule has 4 nitrogen and oxygen atoms in total. The van der Waals surface area contributed by atoms with Crippen molar-refractivity contribution in [1.82, 2.24) is 14.6 Å². The zero-order chi connectivity index (χ0) is 12.7. The van der Waals surface area contributed by atoms with Crippen molar-refractivity contribution >= 4 is 11.5 Å². The Labute approximate surface area is 105 Å². The van der Waals surface area contributed by atoms with Crippen molar-refractivity contribution in [3.63, 3.8) is 0 Å². The Balaban J connectivity index is 2.16. The Morgan fingerprint density at radius 3 is 2.67 bits per heavy atom. The third-order valence-corrected chi connectivity index (χ3v) is 3.14. The summed E-state index contributed by atoms with van der Waals surface area (Å²) >= 11 is 0. The molecule has 0 radical (unpaired) electrons. The van der Waals surface area contributed by atoms with Gasteiger partial charge in [0.2, 0.25) is 0 Å². The number of anilines is 1. The molecule has 0 bridgehead atoms. The van der Waals surface area contributed by atoms with E-state index < -0.39 is 0 Å². The van der Waals surface area contributed by atoms with Crippen molar-refractivity contribution in [3.8, 4) is 11.3 Å². The molecule has 0 atom stereocenters. The van der Waals surface area contributed by atoms with E-state index in [1.807, 2.05) is 12.3 Å². The first-order valence-corrected chi connectivity index (χ1v) is 5.83. The number of aromatic nitrogens is 3. The number of nitrogens with zero attached hydrogens (tertiary/aromatic N) is 3. The monoisotopic (exact) mass is 238 g/mol. The number of hydrogen-bond acceptors (Lipinski definition) is 3. The Morgan fingerprint density at radius 1 is 1.06 bits per heavy atom. The van der Waals surface area contributed by atoms with Crippen molar-refractivity contribution in [3.05, 3.63) is 47.7 Å². The van der Waals surface area contributed by atoms with E-state index in [-0.39, 0.29) is 0 Å². The van der Waals surface area contributed by atoms with Gasteiger partial charge >= 0.3 is 0 Å². The van der Waals surface area contributed by atoms with E-state index in [0.717, 1.165) is 16.9 Å². The number of nitrogen functional groups attached to an aromatic ring is 1. The second kappa shape index (κ2) is 3.84. The molecule has 0 fully saturated rings. The zero-order valence-corrected chi connectivity index (χ0v) is 10.4. The van der Waals surface area contributed by atoms with Crippen molar-refractivity contribution < 1.29 is 0 Å².